The lowest BCUT2D eigenvalue weighted by Gasteiger charge is -2.21. The minimum atomic E-state index is 0.394. The highest BCUT2D eigenvalue weighted by Gasteiger charge is 2.21. The summed E-state index contributed by atoms with van der Waals surface area (Å²) in [4.78, 5) is 11.9. The molecule has 0 bridgehead atoms. The first-order valence-electron chi connectivity index (χ1n) is 6.25. The first kappa shape index (κ1) is 13.1. The molecule has 0 N–H and O–H groups in total. The molecule has 1 aliphatic rings. The van der Waals surface area contributed by atoms with Crippen LogP contribution in [0.15, 0.2) is 0 Å². The molecule has 1 nitrogen and oxygen atoms in total. The molecule has 0 amide bonds. The van der Waals surface area contributed by atoms with Gasteiger partial charge in [-0.3, -0.25) is 4.79 Å². The number of Topliss-reactive ketones (excluding diaryl/α,β-unsaturated/α-hetero) is 1. The molecule has 0 aromatic carbocycles. The van der Waals surface area contributed by atoms with Gasteiger partial charge in [0.15, 0.2) is 0 Å². The predicted molar refractivity (Wildman–Crippen MR) is 68.3 cm³/mol. The maximum absolute atomic E-state index is 11.9. The van der Waals surface area contributed by atoms with E-state index in [4.69, 9.17) is 0 Å². The fourth-order valence-corrected chi connectivity index (χ4v) is 3.00. The van der Waals surface area contributed by atoms with Crippen LogP contribution in [-0.2, 0) is 4.79 Å². The smallest absolute Gasteiger partial charge is 0.145 e. The largest absolute Gasteiger partial charge is 0.298 e. The zero-order chi connectivity index (χ0) is 11.3. The summed E-state index contributed by atoms with van der Waals surface area (Å²) in [5.74, 6) is 2.32. The predicted octanol–water partition coefficient (Wildman–Crippen LogP) is 3.91. The molecule has 0 aromatic heterocycles. The molecule has 1 unspecified atom stereocenters. The Morgan fingerprint density at radius 2 is 1.80 bits per heavy atom. The van der Waals surface area contributed by atoms with Crippen molar-refractivity contribution in [3.8, 4) is 0 Å². The fraction of sp³-hybridized carbons (Fsp3) is 0.923. The Balaban J connectivity index is 2.22. The van der Waals surface area contributed by atoms with E-state index in [1.54, 1.807) is 0 Å². The number of rotatable bonds is 5. The number of ketones is 1. The highest BCUT2D eigenvalue weighted by molar-refractivity contribution is 8.00. The van der Waals surface area contributed by atoms with Gasteiger partial charge in [0.2, 0.25) is 0 Å². The van der Waals surface area contributed by atoms with Gasteiger partial charge >= 0.3 is 0 Å². The highest BCUT2D eigenvalue weighted by atomic mass is 32.2. The second kappa shape index (κ2) is 6.57. The van der Waals surface area contributed by atoms with Gasteiger partial charge in [-0.1, -0.05) is 40.0 Å². The van der Waals surface area contributed by atoms with Gasteiger partial charge in [0, 0.05) is 11.2 Å². The topological polar surface area (TPSA) is 17.1 Å². The van der Waals surface area contributed by atoms with Crippen molar-refractivity contribution in [2.45, 2.75) is 58.1 Å². The minimum Gasteiger partial charge on any atom is -0.298 e. The van der Waals surface area contributed by atoms with E-state index in [-0.39, 0.29) is 0 Å². The van der Waals surface area contributed by atoms with E-state index < -0.39 is 0 Å². The molecule has 2 heteroatoms. The van der Waals surface area contributed by atoms with Crippen molar-refractivity contribution in [3.05, 3.63) is 0 Å². The van der Waals surface area contributed by atoms with Crippen molar-refractivity contribution in [1.82, 2.24) is 0 Å². The molecule has 1 fully saturated rings. The maximum atomic E-state index is 11.9. The summed E-state index contributed by atoms with van der Waals surface area (Å²) in [6.45, 7) is 6.68. The van der Waals surface area contributed by atoms with Crippen molar-refractivity contribution in [3.63, 3.8) is 0 Å². The Morgan fingerprint density at radius 1 is 1.20 bits per heavy atom. The standard InChI is InChI=1S/C13H24OS/c1-10(2)11(3)15-9-13(14)12-7-5-4-6-8-12/h10-12H,4-9H2,1-3H3. The quantitative estimate of drug-likeness (QED) is 0.709. The fourth-order valence-electron chi connectivity index (χ4n) is 1.95. The second-order valence-corrected chi connectivity index (χ2v) is 6.43. The van der Waals surface area contributed by atoms with Crippen LogP contribution in [0, 0.1) is 11.8 Å². The highest BCUT2D eigenvalue weighted by Crippen LogP contribution is 2.27. The number of carbonyl (C=O) groups excluding carboxylic acids is 1. The van der Waals surface area contributed by atoms with Gasteiger partial charge < -0.3 is 0 Å². The first-order valence-corrected chi connectivity index (χ1v) is 7.30. The zero-order valence-electron chi connectivity index (χ0n) is 10.3. The van der Waals surface area contributed by atoms with E-state index in [1.807, 2.05) is 11.8 Å². The van der Waals surface area contributed by atoms with Crippen LogP contribution in [-0.4, -0.2) is 16.8 Å². The van der Waals surface area contributed by atoms with E-state index in [9.17, 15) is 4.79 Å². The van der Waals surface area contributed by atoms with Gasteiger partial charge in [-0.25, -0.2) is 0 Å². The third-order valence-corrected chi connectivity index (χ3v) is 5.01. The summed E-state index contributed by atoms with van der Waals surface area (Å²) in [6.07, 6.45) is 6.16. The van der Waals surface area contributed by atoms with Gasteiger partial charge in [-0.2, -0.15) is 11.8 Å². The Hall–Kier alpha value is 0.0200. The summed E-state index contributed by atoms with van der Waals surface area (Å²) >= 11 is 1.84. The summed E-state index contributed by atoms with van der Waals surface area (Å²) < 4.78 is 0. The summed E-state index contributed by atoms with van der Waals surface area (Å²) in [5, 5.41) is 0.609. The van der Waals surface area contributed by atoms with Gasteiger partial charge in [0.05, 0.1) is 5.75 Å². The molecule has 1 rings (SSSR count). The molecule has 15 heavy (non-hydrogen) atoms. The van der Waals surface area contributed by atoms with Crippen LogP contribution in [0.1, 0.15) is 52.9 Å². The van der Waals surface area contributed by atoms with Crippen LogP contribution in [0.2, 0.25) is 0 Å². The lowest BCUT2D eigenvalue weighted by Crippen LogP contribution is -2.21. The Labute approximate surface area is 98.4 Å². The number of carbonyl (C=O) groups is 1. The molecule has 1 atom stereocenters. The first-order chi connectivity index (χ1) is 7.11. The molecule has 1 aliphatic carbocycles. The normalized spacial score (nSPS) is 20.5. The van der Waals surface area contributed by atoms with Crippen LogP contribution < -0.4 is 0 Å². The lowest BCUT2D eigenvalue weighted by atomic mass is 9.87. The van der Waals surface area contributed by atoms with E-state index in [2.05, 4.69) is 20.8 Å². The Bertz CT molecular complexity index is 195. The average Bonchev–Trinajstić information content (AvgIpc) is 2.26. The summed E-state index contributed by atoms with van der Waals surface area (Å²) in [5.41, 5.74) is 0. The zero-order valence-corrected chi connectivity index (χ0v) is 11.1. The third kappa shape index (κ3) is 4.58. The van der Waals surface area contributed by atoms with Crippen LogP contribution >= 0.6 is 11.8 Å². The van der Waals surface area contributed by atoms with Gasteiger partial charge in [-0.15, -0.1) is 0 Å². The van der Waals surface area contributed by atoms with Crippen LogP contribution in [0.5, 0.6) is 0 Å². The van der Waals surface area contributed by atoms with E-state index in [1.165, 1.54) is 19.3 Å². The second-order valence-electron chi connectivity index (χ2n) is 5.06. The minimum absolute atomic E-state index is 0.394. The molecule has 0 heterocycles. The van der Waals surface area contributed by atoms with Crippen molar-refractivity contribution in [1.29, 1.82) is 0 Å². The van der Waals surface area contributed by atoms with E-state index in [0.29, 0.717) is 22.9 Å². The van der Waals surface area contributed by atoms with Crippen LogP contribution in [0.25, 0.3) is 0 Å². The molecule has 88 valence electrons. The van der Waals surface area contributed by atoms with Crippen molar-refractivity contribution < 1.29 is 4.79 Å². The summed E-state index contributed by atoms with van der Waals surface area (Å²) in [7, 11) is 0. The van der Waals surface area contributed by atoms with Crippen molar-refractivity contribution in [2.24, 2.45) is 11.8 Å². The van der Waals surface area contributed by atoms with E-state index in [0.717, 1.165) is 18.6 Å². The van der Waals surface area contributed by atoms with Gasteiger partial charge in [0.1, 0.15) is 5.78 Å². The number of thioether (sulfide) groups is 1. The molecular weight excluding hydrogens is 204 g/mol. The third-order valence-electron chi connectivity index (χ3n) is 3.49. The molecule has 0 saturated heterocycles. The lowest BCUT2D eigenvalue weighted by molar-refractivity contribution is -0.121. The SMILES string of the molecule is CC(C)C(C)SCC(=O)C1CCCCC1. The van der Waals surface area contributed by atoms with Crippen molar-refractivity contribution in [2.75, 3.05) is 5.75 Å². The Kier molecular flexibility index (Phi) is 5.73. The Morgan fingerprint density at radius 3 is 2.33 bits per heavy atom. The molecular formula is C13H24OS. The number of hydrogen-bond acceptors (Lipinski definition) is 2. The average molecular weight is 228 g/mol. The van der Waals surface area contributed by atoms with Crippen LogP contribution in [0.3, 0.4) is 0 Å². The number of hydrogen-bond donors (Lipinski definition) is 0. The van der Waals surface area contributed by atoms with Crippen molar-refractivity contribution >= 4 is 17.5 Å². The maximum Gasteiger partial charge on any atom is 0.145 e. The summed E-state index contributed by atoms with van der Waals surface area (Å²) in [6, 6.07) is 0. The monoisotopic (exact) mass is 228 g/mol. The van der Waals surface area contributed by atoms with E-state index >= 15 is 0 Å². The molecule has 1 saturated carbocycles. The molecule has 0 aliphatic heterocycles. The molecule has 0 spiro atoms. The molecule has 0 aromatic rings. The van der Waals surface area contributed by atoms with Gasteiger partial charge in [-0.05, 0) is 18.8 Å². The van der Waals surface area contributed by atoms with Gasteiger partial charge in [0.25, 0.3) is 0 Å². The molecule has 0 radical (unpaired) electrons. The van der Waals surface area contributed by atoms with Crippen LogP contribution in [0.4, 0.5) is 0 Å².